The highest BCUT2D eigenvalue weighted by Gasteiger charge is 2.11. The normalized spacial score (nSPS) is 11.8. The molecule has 0 saturated carbocycles. The van der Waals surface area contributed by atoms with Gasteiger partial charge in [-0.3, -0.25) is 0 Å². The number of ether oxygens (including phenoxy) is 3. The lowest BCUT2D eigenvalue weighted by atomic mass is 10.0. The first-order valence-corrected chi connectivity index (χ1v) is 21.9. The molecule has 0 N–H and O–H groups in total. The minimum atomic E-state index is -0.359. The van der Waals surface area contributed by atoms with Crippen molar-refractivity contribution in [2.24, 2.45) is 0 Å². The number of carbonyl (C=O) groups excluding carboxylic acids is 1. The fourth-order valence-electron chi connectivity index (χ4n) is 6.95. The molecular weight excluding hydrogens is 653 g/mol. The number of esters is 1. The van der Waals surface area contributed by atoms with Crippen LogP contribution in [0.15, 0.2) is 72.8 Å². The van der Waals surface area contributed by atoms with Crippen molar-refractivity contribution in [2.75, 3.05) is 13.2 Å². The average molecular weight is 727 g/mol. The van der Waals surface area contributed by atoms with Crippen LogP contribution in [0.25, 0.3) is 11.1 Å². The Morgan fingerprint density at radius 3 is 1.28 bits per heavy atom. The molecule has 53 heavy (non-hydrogen) atoms. The fraction of sp³-hybridized carbons (Fsp3) is 0.612. The van der Waals surface area contributed by atoms with E-state index in [2.05, 4.69) is 32.9 Å². The Kier molecular flexibility index (Phi) is 24.5. The van der Waals surface area contributed by atoms with Gasteiger partial charge in [0.25, 0.3) is 0 Å². The van der Waals surface area contributed by atoms with E-state index in [1.165, 1.54) is 141 Å². The molecule has 0 aliphatic rings. The van der Waals surface area contributed by atoms with Gasteiger partial charge in [-0.05, 0) is 72.9 Å². The second-order valence-electron chi connectivity index (χ2n) is 15.2. The van der Waals surface area contributed by atoms with Crippen LogP contribution in [0.4, 0.5) is 0 Å². The van der Waals surface area contributed by atoms with Crippen LogP contribution in [0, 0.1) is 0 Å². The second-order valence-corrected chi connectivity index (χ2v) is 15.2. The van der Waals surface area contributed by atoms with E-state index in [0.29, 0.717) is 11.3 Å². The summed E-state index contributed by atoms with van der Waals surface area (Å²) in [6.07, 6.45) is 32.4. The summed E-state index contributed by atoms with van der Waals surface area (Å²) in [4.78, 5) is 12.9. The van der Waals surface area contributed by atoms with Crippen LogP contribution >= 0.6 is 0 Å². The number of hydrogen-bond donors (Lipinski definition) is 0. The van der Waals surface area contributed by atoms with Crippen LogP contribution in [0.2, 0.25) is 0 Å². The van der Waals surface area contributed by atoms with Gasteiger partial charge in [0.15, 0.2) is 0 Å². The smallest absolute Gasteiger partial charge is 0.343 e. The molecule has 0 bridgehead atoms. The Morgan fingerprint density at radius 2 is 0.830 bits per heavy atom. The summed E-state index contributed by atoms with van der Waals surface area (Å²) in [5.74, 6) is 1.08. The molecule has 4 heteroatoms. The molecule has 3 rings (SSSR count). The quantitative estimate of drug-likeness (QED) is 0.0365. The van der Waals surface area contributed by atoms with Crippen molar-refractivity contribution in [3.63, 3.8) is 0 Å². The Morgan fingerprint density at radius 1 is 0.453 bits per heavy atom. The summed E-state index contributed by atoms with van der Waals surface area (Å²) in [5, 5.41) is 0. The zero-order chi connectivity index (χ0) is 37.6. The van der Waals surface area contributed by atoms with Gasteiger partial charge in [-0.15, -0.1) is 0 Å². The van der Waals surface area contributed by atoms with Gasteiger partial charge in [-0.1, -0.05) is 192 Å². The molecule has 0 spiro atoms. The molecule has 0 fully saturated rings. The monoisotopic (exact) mass is 727 g/mol. The van der Waals surface area contributed by atoms with Gasteiger partial charge in [0.2, 0.25) is 0 Å². The maximum atomic E-state index is 12.9. The Balaban J connectivity index is 1.23. The minimum Gasteiger partial charge on any atom is -0.494 e. The topological polar surface area (TPSA) is 44.8 Å². The standard InChI is InChI=1S/C49H74O4/c1-4-6-8-10-12-14-15-16-17-18-19-20-21-23-24-26-40-51-42(3)43-32-38-48(39-33-43)53-49(50)46-30-28-44(29-31-46)45-34-36-47(37-35-45)52-41-27-25-22-13-11-9-7-5-2/h28-39,42H,4-27,40-41H2,1-3H3. The fourth-order valence-corrected chi connectivity index (χ4v) is 6.95. The largest absolute Gasteiger partial charge is 0.494 e. The predicted molar refractivity (Wildman–Crippen MR) is 225 cm³/mol. The van der Waals surface area contributed by atoms with E-state index in [4.69, 9.17) is 14.2 Å². The summed E-state index contributed by atoms with van der Waals surface area (Å²) in [6.45, 7) is 8.19. The van der Waals surface area contributed by atoms with E-state index in [-0.39, 0.29) is 12.1 Å². The number of carbonyl (C=O) groups is 1. The van der Waals surface area contributed by atoms with Crippen molar-refractivity contribution in [1.82, 2.24) is 0 Å². The van der Waals surface area contributed by atoms with Gasteiger partial charge in [0.05, 0.1) is 18.3 Å². The number of benzene rings is 3. The summed E-state index contributed by atoms with van der Waals surface area (Å²) in [5.41, 5.74) is 3.76. The zero-order valence-electron chi connectivity index (χ0n) is 34.0. The molecule has 0 saturated heterocycles. The van der Waals surface area contributed by atoms with Crippen molar-refractivity contribution >= 4 is 5.97 Å². The molecule has 0 aliphatic heterocycles. The van der Waals surface area contributed by atoms with E-state index in [1.54, 1.807) is 0 Å². The molecular formula is C49H74O4. The summed E-state index contributed by atoms with van der Waals surface area (Å²) >= 11 is 0. The highest BCUT2D eigenvalue weighted by Crippen LogP contribution is 2.25. The molecule has 3 aromatic carbocycles. The zero-order valence-corrected chi connectivity index (χ0v) is 34.0. The van der Waals surface area contributed by atoms with Crippen molar-refractivity contribution < 1.29 is 19.0 Å². The van der Waals surface area contributed by atoms with Gasteiger partial charge in [0, 0.05) is 6.61 Å². The molecule has 0 aliphatic carbocycles. The van der Waals surface area contributed by atoms with Crippen LogP contribution in [0.5, 0.6) is 11.5 Å². The molecule has 1 unspecified atom stereocenters. The minimum absolute atomic E-state index is 0.0131. The number of hydrogen-bond acceptors (Lipinski definition) is 4. The van der Waals surface area contributed by atoms with Crippen LogP contribution in [-0.4, -0.2) is 19.2 Å². The van der Waals surface area contributed by atoms with E-state index < -0.39 is 0 Å². The maximum Gasteiger partial charge on any atom is 0.343 e. The van der Waals surface area contributed by atoms with Gasteiger partial charge < -0.3 is 14.2 Å². The van der Waals surface area contributed by atoms with Crippen LogP contribution in [-0.2, 0) is 4.74 Å². The van der Waals surface area contributed by atoms with Gasteiger partial charge >= 0.3 is 5.97 Å². The first kappa shape index (κ1) is 44.3. The van der Waals surface area contributed by atoms with Crippen LogP contribution in [0.3, 0.4) is 0 Å². The van der Waals surface area contributed by atoms with E-state index in [0.717, 1.165) is 48.5 Å². The third-order valence-electron chi connectivity index (χ3n) is 10.5. The lowest BCUT2D eigenvalue weighted by Gasteiger charge is -2.14. The number of unbranched alkanes of at least 4 members (excludes halogenated alkanes) is 22. The molecule has 0 heterocycles. The van der Waals surface area contributed by atoms with E-state index in [1.807, 2.05) is 60.7 Å². The highest BCUT2D eigenvalue weighted by atomic mass is 16.5. The maximum absolute atomic E-state index is 12.9. The Labute approximate surface area is 324 Å². The predicted octanol–water partition coefficient (Wildman–Crippen LogP) is 15.4. The highest BCUT2D eigenvalue weighted by molar-refractivity contribution is 5.91. The van der Waals surface area contributed by atoms with E-state index in [9.17, 15) is 4.79 Å². The third kappa shape index (κ3) is 20.2. The second kappa shape index (κ2) is 29.3. The third-order valence-corrected chi connectivity index (χ3v) is 10.5. The molecule has 0 amide bonds. The Bertz CT molecular complexity index is 1300. The van der Waals surface area contributed by atoms with Crippen LogP contribution in [0.1, 0.15) is 197 Å². The molecule has 1 atom stereocenters. The van der Waals surface area contributed by atoms with E-state index >= 15 is 0 Å². The van der Waals surface area contributed by atoms with Crippen molar-refractivity contribution in [1.29, 1.82) is 0 Å². The SMILES string of the molecule is CCCCCCCCCCCCCCCCCCOC(C)c1ccc(OC(=O)c2ccc(-c3ccc(OCCCCCCCCCC)cc3)cc2)cc1. The average Bonchev–Trinajstić information content (AvgIpc) is 3.19. The van der Waals surface area contributed by atoms with Crippen molar-refractivity contribution in [3.05, 3.63) is 83.9 Å². The molecule has 0 aromatic heterocycles. The van der Waals surface area contributed by atoms with Crippen molar-refractivity contribution in [3.8, 4) is 22.6 Å². The number of rotatable bonds is 32. The molecule has 3 aromatic rings. The lowest BCUT2D eigenvalue weighted by molar-refractivity contribution is 0.0627. The summed E-state index contributed by atoms with van der Waals surface area (Å²) in [6, 6.07) is 23.5. The van der Waals surface area contributed by atoms with Gasteiger partial charge in [-0.2, -0.15) is 0 Å². The van der Waals surface area contributed by atoms with Gasteiger partial charge in [0.1, 0.15) is 11.5 Å². The first-order chi connectivity index (χ1) is 26.1. The molecule has 294 valence electrons. The summed E-state index contributed by atoms with van der Waals surface area (Å²) in [7, 11) is 0. The molecule has 0 radical (unpaired) electrons. The molecule has 4 nitrogen and oxygen atoms in total. The summed E-state index contributed by atoms with van der Waals surface area (Å²) < 4.78 is 17.8. The van der Waals surface area contributed by atoms with Crippen LogP contribution < -0.4 is 9.47 Å². The Hall–Kier alpha value is -3.11. The van der Waals surface area contributed by atoms with Gasteiger partial charge in [-0.25, -0.2) is 4.79 Å². The van der Waals surface area contributed by atoms with Crippen molar-refractivity contribution in [2.45, 2.75) is 181 Å². The lowest BCUT2D eigenvalue weighted by Crippen LogP contribution is -2.08. The first-order valence-electron chi connectivity index (χ1n) is 21.9.